The minimum Gasteiger partial charge on any atom is -0.479 e. The molecule has 0 bridgehead atoms. The highest BCUT2D eigenvalue weighted by atomic mass is 35.5. The first-order valence-electron chi connectivity index (χ1n) is 10.3. The highest BCUT2D eigenvalue weighted by Crippen LogP contribution is 2.38. The number of hydrogen-bond donors (Lipinski definition) is 1. The largest absolute Gasteiger partial charge is 0.479 e. The molecule has 4 rings (SSSR count). The Morgan fingerprint density at radius 3 is 2.44 bits per heavy atom. The predicted octanol–water partition coefficient (Wildman–Crippen LogP) is 2.82. The van der Waals surface area contributed by atoms with Gasteiger partial charge in [0, 0.05) is 37.8 Å². The number of carbonyl (C=O) groups excluding carboxylic acids is 2. The number of anilines is 1. The molecule has 0 unspecified atom stereocenters. The molecule has 0 radical (unpaired) electrons. The number of hydrogen-bond acceptors (Lipinski definition) is 5. The van der Waals surface area contributed by atoms with E-state index in [9.17, 15) is 18.0 Å². The van der Waals surface area contributed by atoms with E-state index in [0.717, 1.165) is 11.1 Å². The Morgan fingerprint density at radius 1 is 1.09 bits per heavy atom. The van der Waals surface area contributed by atoms with Gasteiger partial charge in [0.2, 0.25) is 10.0 Å². The van der Waals surface area contributed by atoms with Crippen LogP contribution in [0.4, 0.5) is 5.69 Å². The molecule has 8 nitrogen and oxygen atoms in total. The van der Waals surface area contributed by atoms with Gasteiger partial charge in [-0.3, -0.25) is 9.59 Å². The molecular weight excluding hydrogens is 454 g/mol. The summed E-state index contributed by atoms with van der Waals surface area (Å²) >= 11 is 6.26. The number of carbonyl (C=O) groups is 2. The molecule has 1 fully saturated rings. The van der Waals surface area contributed by atoms with Gasteiger partial charge in [0.1, 0.15) is 10.6 Å². The number of benzene rings is 2. The third kappa shape index (κ3) is 4.07. The van der Waals surface area contributed by atoms with E-state index in [0.29, 0.717) is 11.3 Å². The number of amides is 2. The Labute approximate surface area is 192 Å². The number of rotatable bonds is 3. The molecule has 1 saturated heterocycles. The third-order valence-electron chi connectivity index (χ3n) is 5.86. The van der Waals surface area contributed by atoms with Crippen LogP contribution in [0.15, 0.2) is 35.2 Å². The molecule has 2 aromatic rings. The van der Waals surface area contributed by atoms with Gasteiger partial charge in [-0.05, 0) is 50.1 Å². The molecule has 0 aromatic heterocycles. The molecule has 2 amide bonds. The summed E-state index contributed by atoms with van der Waals surface area (Å²) in [6.45, 7) is 6.37. The van der Waals surface area contributed by atoms with E-state index in [1.165, 1.54) is 16.4 Å². The standard InChI is InChI=1S/C22H24ClN3O5S/c1-13-4-5-16(10-14(13)2)22(28)25-6-8-26(9-7-25)32(29,30)20-12-19-18(11-17(20)23)24-21(27)15(3)31-19/h4-5,10-12,15H,6-9H2,1-3H3,(H,24,27)/t15-/m0/s1. The molecule has 0 saturated carbocycles. The lowest BCUT2D eigenvalue weighted by Crippen LogP contribution is -2.50. The smallest absolute Gasteiger partial charge is 0.265 e. The van der Waals surface area contributed by atoms with Gasteiger partial charge in [0.25, 0.3) is 11.8 Å². The molecule has 2 heterocycles. The van der Waals surface area contributed by atoms with E-state index < -0.39 is 16.1 Å². The first-order chi connectivity index (χ1) is 15.1. The van der Waals surface area contributed by atoms with Crippen molar-refractivity contribution in [3.8, 4) is 5.75 Å². The van der Waals surface area contributed by atoms with E-state index in [4.69, 9.17) is 16.3 Å². The first-order valence-corrected chi connectivity index (χ1v) is 12.1. The van der Waals surface area contributed by atoms with Gasteiger partial charge in [-0.2, -0.15) is 4.31 Å². The fraction of sp³-hybridized carbons (Fsp3) is 0.364. The zero-order chi connectivity index (χ0) is 23.2. The SMILES string of the molecule is Cc1ccc(C(=O)N2CCN(S(=O)(=O)c3cc4c(cc3Cl)NC(=O)[C@H](C)O4)CC2)cc1C. The van der Waals surface area contributed by atoms with Crippen LogP contribution in [0.2, 0.25) is 5.02 Å². The number of nitrogens with one attached hydrogen (secondary N) is 1. The van der Waals surface area contributed by atoms with Crippen molar-refractivity contribution >= 4 is 39.1 Å². The fourth-order valence-electron chi connectivity index (χ4n) is 3.73. The van der Waals surface area contributed by atoms with Crippen molar-refractivity contribution in [2.45, 2.75) is 31.8 Å². The maximum Gasteiger partial charge on any atom is 0.265 e. The summed E-state index contributed by atoms with van der Waals surface area (Å²) in [5.41, 5.74) is 3.07. The molecule has 1 N–H and O–H groups in total. The summed E-state index contributed by atoms with van der Waals surface area (Å²) in [6.07, 6.45) is -0.737. The van der Waals surface area contributed by atoms with Gasteiger partial charge in [-0.25, -0.2) is 8.42 Å². The van der Waals surface area contributed by atoms with Gasteiger partial charge in [0.05, 0.1) is 10.7 Å². The van der Waals surface area contributed by atoms with E-state index >= 15 is 0 Å². The number of sulfonamides is 1. The van der Waals surface area contributed by atoms with Gasteiger partial charge in [-0.15, -0.1) is 0 Å². The lowest BCUT2D eigenvalue weighted by Gasteiger charge is -2.34. The summed E-state index contributed by atoms with van der Waals surface area (Å²) in [4.78, 5) is 26.2. The van der Waals surface area contributed by atoms with Gasteiger partial charge >= 0.3 is 0 Å². The second-order valence-corrected chi connectivity index (χ2v) is 10.3. The van der Waals surface area contributed by atoms with Gasteiger partial charge < -0.3 is 15.0 Å². The second-order valence-electron chi connectivity index (χ2n) is 8.02. The molecule has 2 aliphatic heterocycles. The van der Waals surface area contributed by atoms with Crippen LogP contribution in [0.25, 0.3) is 0 Å². The van der Waals surface area contributed by atoms with E-state index in [1.54, 1.807) is 17.9 Å². The number of halogens is 1. The first kappa shape index (κ1) is 22.6. The maximum atomic E-state index is 13.3. The number of piperazine rings is 1. The van der Waals surface area contributed by atoms with Gasteiger partial charge in [-0.1, -0.05) is 17.7 Å². The molecule has 2 aliphatic rings. The lowest BCUT2D eigenvalue weighted by atomic mass is 10.1. The Kier molecular flexibility index (Phi) is 5.91. The molecule has 2 aromatic carbocycles. The van der Waals surface area contributed by atoms with Gasteiger partial charge in [0.15, 0.2) is 6.10 Å². The van der Waals surface area contributed by atoms with Crippen LogP contribution in [0.3, 0.4) is 0 Å². The van der Waals surface area contributed by atoms with Crippen molar-refractivity contribution in [2.24, 2.45) is 0 Å². The van der Waals surface area contributed by atoms with E-state index in [2.05, 4.69) is 5.32 Å². The van der Waals surface area contributed by atoms with Crippen molar-refractivity contribution in [1.29, 1.82) is 0 Å². The van der Waals surface area contributed by atoms with Crippen LogP contribution in [0, 0.1) is 13.8 Å². The monoisotopic (exact) mass is 477 g/mol. The Morgan fingerprint density at radius 2 is 1.78 bits per heavy atom. The number of nitrogens with zero attached hydrogens (tertiary/aromatic N) is 2. The van der Waals surface area contributed by atoms with Crippen LogP contribution >= 0.6 is 11.6 Å². The molecule has 1 atom stereocenters. The molecule has 170 valence electrons. The average Bonchev–Trinajstić information content (AvgIpc) is 2.76. The molecular formula is C22H24ClN3O5S. The van der Waals surface area contributed by atoms with Crippen LogP contribution in [-0.2, 0) is 14.8 Å². The number of ether oxygens (including phenoxy) is 1. The Hall–Kier alpha value is -2.62. The lowest BCUT2D eigenvalue weighted by molar-refractivity contribution is -0.122. The average molecular weight is 478 g/mol. The van der Waals surface area contributed by atoms with Crippen molar-refractivity contribution in [1.82, 2.24) is 9.21 Å². The summed E-state index contributed by atoms with van der Waals surface area (Å²) in [5.74, 6) is -0.188. The summed E-state index contributed by atoms with van der Waals surface area (Å²) in [6, 6.07) is 8.28. The van der Waals surface area contributed by atoms with Crippen molar-refractivity contribution in [2.75, 3.05) is 31.5 Å². The van der Waals surface area contributed by atoms with Crippen LogP contribution in [0.1, 0.15) is 28.4 Å². The summed E-state index contributed by atoms with van der Waals surface area (Å²) in [5, 5.41) is 2.65. The van der Waals surface area contributed by atoms with Crippen LogP contribution in [-0.4, -0.2) is 61.7 Å². The van der Waals surface area contributed by atoms with Crippen molar-refractivity contribution in [3.63, 3.8) is 0 Å². The number of aryl methyl sites for hydroxylation is 2. The minimum absolute atomic E-state index is 0.00385. The zero-order valence-electron chi connectivity index (χ0n) is 18.0. The highest BCUT2D eigenvalue weighted by molar-refractivity contribution is 7.89. The summed E-state index contributed by atoms with van der Waals surface area (Å²) in [7, 11) is -3.91. The summed E-state index contributed by atoms with van der Waals surface area (Å²) < 4.78 is 33.4. The quantitative estimate of drug-likeness (QED) is 0.733. The van der Waals surface area contributed by atoms with E-state index in [1.807, 2.05) is 26.0 Å². The molecule has 10 heteroatoms. The normalized spacial score (nSPS) is 19.2. The number of fused-ring (bicyclic) bond motifs is 1. The highest BCUT2D eigenvalue weighted by Gasteiger charge is 2.34. The second kappa shape index (κ2) is 8.38. The van der Waals surface area contributed by atoms with Crippen LogP contribution < -0.4 is 10.1 Å². The minimum atomic E-state index is -3.91. The topological polar surface area (TPSA) is 96.0 Å². The zero-order valence-corrected chi connectivity index (χ0v) is 19.6. The maximum absolute atomic E-state index is 13.3. The molecule has 0 aliphatic carbocycles. The third-order valence-corrected chi connectivity index (χ3v) is 8.23. The van der Waals surface area contributed by atoms with Crippen molar-refractivity contribution < 1.29 is 22.7 Å². The van der Waals surface area contributed by atoms with E-state index in [-0.39, 0.29) is 53.7 Å². The molecule has 0 spiro atoms. The fourth-order valence-corrected chi connectivity index (χ4v) is 5.67. The Balaban J connectivity index is 1.51. The van der Waals surface area contributed by atoms with Crippen LogP contribution in [0.5, 0.6) is 5.75 Å². The van der Waals surface area contributed by atoms with Crippen molar-refractivity contribution in [3.05, 3.63) is 52.0 Å². The Bertz CT molecular complexity index is 1210. The molecule has 32 heavy (non-hydrogen) atoms. The predicted molar refractivity (Wildman–Crippen MR) is 121 cm³/mol.